The number of nitrogens with zero attached hydrogens (tertiary/aromatic N) is 4. The number of rotatable bonds is 4. The number of benzene rings is 1. The Balaban J connectivity index is 1.62. The number of fused-ring (bicyclic) bond motifs is 4. The van der Waals surface area contributed by atoms with E-state index in [1.165, 1.54) is 0 Å². The van der Waals surface area contributed by atoms with Gasteiger partial charge < -0.3 is 19.3 Å². The maximum atomic E-state index is 13.3. The first-order chi connectivity index (χ1) is 13.8. The topological polar surface area (TPSA) is 48.8 Å². The minimum Gasteiger partial charge on any atom is -0.378 e. The van der Waals surface area contributed by atoms with Crippen molar-refractivity contribution >= 4 is 11.6 Å². The summed E-state index contributed by atoms with van der Waals surface area (Å²) in [4.78, 5) is 31.8. The molecule has 29 heavy (non-hydrogen) atoms. The van der Waals surface area contributed by atoms with Crippen molar-refractivity contribution in [3.8, 4) is 11.1 Å². The summed E-state index contributed by atoms with van der Waals surface area (Å²) in [7, 11) is 7.86. The molecule has 154 valence electrons. The van der Waals surface area contributed by atoms with E-state index >= 15 is 0 Å². The van der Waals surface area contributed by atoms with Crippen LogP contribution in [0.25, 0.3) is 11.1 Å². The number of hydrogen-bond acceptors (Lipinski definition) is 4. The van der Waals surface area contributed by atoms with Gasteiger partial charge in [-0.15, -0.1) is 0 Å². The van der Waals surface area contributed by atoms with Crippen molar-refractivity contribution in [1.29, 1.82) is 0 Å². The quantitative estimate of drug-likeness (QED) is 0.797. The van der Waals surface area contributed by atoms with Crippen molar-refractivity contribution in [3.05, 3.63) is 52.4 Å². The maximum Gasteiger partial charge on any atom is 0.258 e. The lowest BCUT2D eigenvalue weighted by molar-refractivity contribution is -0.134. The number of hydrogen-bond donors (Lipinski definition) is 0. The molecule has 2 aliphatic rings. The van der Waals surface area contributed by atoms with Gasteiger partial charge in [0, 0.05) is 56.6 Å². The Kier molecular flexibility index (Phi) is 5.21. The zero-order valence-electron chi connectivity index (χ0n) is 17.8. The number of anilines is 1. The van der Waals surface area contributed by atoms with Gasteiger partial charge in [-0.05, 0) is 56.3 Å². The molecule has 1 aromatic heterocycles. The molecule has 1 amide bonds. The highest BCUT2D eigenvalue weighted by Crippen LogP contribution is 2.36. The number of pyridine rings is 1. The molecule has 0 saturated carbocycles. The number of aromatic nitrogens is 1. The number of carbonyl (C=O) groups excluding carboxylic acids is 1. The number of likely N-dealkylation sites (N-methyl/N-ethyl adjacent to an activating group) is 1. The first kappa shape index (κ1) is 19.7. The highest BCUT2D eigenvalue weighted by molar-refractivity contribution is 5.78. The van der Waals surface area contributed by atoms with E-state index in [1.54, 1.807) is 0 Å². The van der Waals surface area contributed by atoms with Crippen molar-refractivity contribution in [2.45, 2.75) is 18.9 Å². The van der Waals surface area contributed by atoms with E-state index in [1.807, 2.05) is 77.8 Å². The summed E-state index contributed by atoms with van der Waals surface area (Å²) in [6.07, 6.45) is 1.06. The van der Waals surface area contributed by atoms with Crippen LogP contribution in [0.5, 0.6) is 0 Å². The standard InChI is InChI=1S/C23H30N4O2/c1-24(2)15-22(28)26-12-16-11-18(14-26)21-10-9-20(23(29)27(21)13-16)17-5-7-19(8-6-17)25(3)4/h5-10,16,18H,11-15H2,1-4H3/t16-,18+/m0/s1. The number of likely N-dealkylation sites (tertiary alicyclic amines) is 1. The summed E-state index contributed by atoms with van der Waals surface area (Å²) in [6, 6.07) is 12.2. The molecular weight excluding hydrogens is 364 g/mol. The normalized spacial score (nSPS) is 20.5. The molecule has 0 radical (unpaired) electrons. The van der Waals surface area contributed by atoms with E-state index in [4.69, 9.17) is 0 Å². The largest absolute Gasteiger partial charge is 0.378 e. The zero-order chi connectivity index (χ0) is 20.7. The van der Waals surface area contributed by atoms with Crippen LogP contribution in [0.3, 0.4) is 0 Å². The first-order valence-electron chi connectivity index (χ1n) is 10.3. The van der Waals surface area contributed by atoms with Gasteiger partial charge in [-0.3, -0.25) is 9.59 Å². The van der Waals surface area contributed by atoms with Gasteiger partial charge in [0.05, 0.1) is 6.54 Å². The van der Waals surface area contributed by atoms with Gasteiger partial charge in [0.15, 0.2) is 0 Å². The van der Waals surface area contributed by atoms with Crippen LogP contribution < -0.4 is 10.5 Å². The lowest BCUT2D eigenvalue weighted by Crippen LogP contribution is -2.51. The van der Waals surface area contributed by atoms with Gasteiger partial charge >= 0.3 is 0 Å². The van der Waals surface area contributed by atoms with Crippen LogP contribution in [-0.2, 0) is 11.3 Å². The molecule has 0 aliphatic carbocycles. The van der Waals surface area contributed by atoms with Crippen LogP contribution in [0.4, 0.5) is 5.69 Å². The molecule has 6 nitrogen and oxygen atoms in total. The second-order valence-corrected chi connectivity index (χ2v) is 8.86. The highest BCUT2D eigenvalue weighted by Gasteiger charge is 2.36. The Morgan fingerprint density at radius 1 is 1.00 bits per heavy atom. The molecule has 3 heterocycles. The second kappa shape index (κ2) is 7.67. The van der Waals surface area contributed by atoms with Crippen molar-refractivity contribution in [3.63, 3.8) is 0 Å². The molecule has 1 aromatic carbocycles. The van der Waals surface area contributed by atoms with E-state index in [0.717, 1.165) is 35.5 Å². The molecule has 2 aliphatic heterocycles. The molecule has 1 saturated heterocycles. The van der Waals surface area contributed by atoms with Gasteiger partial charge in [0.25, 0.3) is 5.56 Å². The summed E-state index contributed by atoms with van der Waals surface area (Å²) in [5.74, 6) is 0.765. The Morgan fingerprint density at radius 3 is 2.38 bits per heavy atom. The van der Waals surface area contributed by atoms with Crippen LogP contribution in [0.2, 0.25) is 0 Å². The predicted octanol–water partition coefficient (Wildman–Crippen LogP) is 2.09. The molecule has 6 heteroatoms. The molecule has 2 atom stereocenters. The van der Waals surface area contributed by atoms with Crippen molar-refractivity contribution in [1.82, 2.24) is 14.4 Å². The number of amides is 1. The molecule has 0 spiro atoms. The van der Waals surface area contributed by atoms with Crippen LogP contribution in [0.1, 0.15) is 18.0 Å². The Hall–Kier alpha value is -2.60. The summed E-state index contributed by atoms with van der Waals surface area (Å²) in [5, 5.41) is 0. The van der Waals surface area contributed by atoms with E-state index in [0.29, 0.717) is 25.6 Å². The molecular formula is C23H30N4O2. The predicted molar refractivity (Wildman–Crippen MR) is 116 cm³/mol. The Labute approximate surface area is 172 Å². The fourth-order valence-corrected chi connectivity index (χ4v) is 4.68. The van der Waals surface area contributed by atoms with Crippen LogP contribution in [0.15, 0.2) is 41.2 Å². The zero-order valence-corrected chi connectivity index (χ0v) is 17.8. The van der Waals surface area contributed by atoms with E-state index in [2.05, 4.69) is 6.07 Å². The lowest BCUT2D eigenvalue weighted by atomic mass is 9.82. The molecule has 0 N–H and O–H groups in total. The van der Waals surface area contributed by atoms with Gasteiger partial charge in [0.1, 0.15) is 0 Å². The molecule has 2 aromatic rings. The van der Waals surface area contributed by atoms with Crippen LogP contribution in [0, 0.1) is 5.92 Å². The van der Waals surface area contributed by atoms with E-state index in [9.17, 15) is 9.59 Å². The van der Waals surface area contributed by atoms with E-state index in [-0.39, 0.29) is 17.4 Å². The van der Waals surface area contributed by atoms with E-state index < -0.39 is 0 Å². The average molecular weight is 395 g/mol. The molecule has 2 bridgehead atoms. The SMILES string of the molecule is CN(C)CC(=O)N1C[C@@H]2C[C@H](C1)c1ccc(-c3ccc(N(C)C)cc3)c(=O)n1C2. The second-order valence-electron chi connectivity index (χ2n) is 8.86. The van der Waals surface area contributed by atoms with Gasteiger partial charge in [-0.2, -0.15) is 0 Å². The number of piperidine rings is 1. The van der Waals surface area contributed by atoms with Crippen LogP contribution in [-0.4, -0.2) is 68.1 Å². The van der Waals surface area contributed by atoms with Crippen molar-refractivity contribution < 1.29 is 4.79 Å². The third-order valence-electron chi connectivity index (χ3n) is 6.10. The lowest BCUT2D eigenvalue weighted by Gasteiger charge is -2.43. The highest BCUT2D eigenvalue weighted by atomic mass is 16.2. The maximum absolute atomic E-state index is 13.3. The third-order valence-corrected chi connectivity index (χ3v) is 6.10. The van der Waals surface area contributed by atoms with Gasteiger partial charge in [-0.1, -0.05) is 12.1 Å². The monoisotopic (exact) mass is 394 g/mol. The Morgan fingerprint density at radius 2 is 1.72 bits per heavy atom. The molecule has 0 unspecified atom stereocenters. The fourth-order valence-electron chi connectivity index (χ4n) is 4.68. The van der Waals surface area contributed by atoms with Gasteiger partial charge in [-0.25, -0.2) is 0 Å². The van der Waals surface area contributed by atoms with Crippen molar-refractivity contribution in [2.24, 2.45) is 5.92 Å². The molecule has 1 fully saturated rings. The first-order valence-corrected chi connectivity index (χ1v) is 10.3. The molecule has 4 rings (SSSR count). The minimum absolute atomic E-state index is 0.0860. The fraction of sp³-hybridized carbons (Fsp3) is 0.478. The average Bonchev–Trinajstić information content (AvgIpc) is 2.68. The van der Waals surface area contributed by atoms with Crippen LogP contribution >= 0.6 is 0 Å². The minimum atomic E-state index is 0.0860. The summed E-state index contributed by atoms with van der Waals surface area (Å²) in [5.41, 5.74) is 3.97. The summed E-state index contributed by atoms with van der Waals surface area (Å²) in [6.45, 7) is 2.59. The third kappa shape index (κ3) is 3.81. The summed E-state index contributed by atoms with van der Waals surface area (Å²) < 4.78 is 1.96. The van der Waals surface area contributed by atoms with Gasteiger partial charge in [0.2, 0.25) is 5.91 Å². The van der Waals surface area contributed by atoms with Crippen molar-refractivity contribution in [2.75, 3.05) is 52.7 Å². The summed E-state index contributed by atoms with van der Waals surface area (Å²) >= 11 is 0. The Bertz CT molecular complexity index is 962. The number of carbonyl (C=O) groups is 1. The smallest absolute Gasteiger partial charge is 0.258 e.